The second-order valence-electron chi connectivity index (χ2n) is 6.42. The fourth-order valence-corrected chi connectivity index (χ4v) is 3.33. The average Bonchev–Trinajstić information content (AvgIpc) is 2.63. The third-order valence-electron chi connectivity index (χ3n) is 4.78. The molecule has 0 fully saturated rings. The lowest BCUT2D eigenvalue weighted by Gasteiger charge is -2.19. The van der Waals surface area contributed by atoms with Crippen LogP contribution in [0.15, 0.2) is 54.9 Å². The number of nitrogens with zero attached hydrogens (tertiary/aromatic N) is 1. The van der Waals surface area contributed by atoms with Gasteiger partial charge in [0, 0.05) is 30.7 Å². The molecule has 1 atom stereocenters. The van der Waals surface area contributed by atoms with Gasteiger partial charge in [0.1, 0.15) is 5.78 Å². The molecule has 6 heteroatoms. The molecule has 0 unspecified atom stereocenters. The van der Waals surface area contributed by atoms with Crippen molar-refractivity contribution in [3.8, 4) is 0 Å². The Balaban J connectivity index is 1.88. The minimum absolute atomic E-state index is 0.00795. The van der Waals surface area contributed by atoms with Crippen molar-refractivity contribution < 1.29 is 14.8 Å². The molecule has 0 aliphatic carbocycles. The average molecular weight is 348 g/mol. The lowest BCUT2D eigenvalue weighted by molar-refractivity contribution is -0.119. The molecule has 5 nitrogen and oxygen atoms in total. The molecule has 2 aromatic carbocycles. The molecular weight excluding hydrogens is 327 g/mol. The van der Waals surface area contributed by atoms with E-state index in [1.165, 1.54) is 0 Å². The van der Waals surface area contributed by atoms with Gasteiger partial charge in [0.25, 0.3) is 0 Å². The predicted octanol–water partition coefficient (Wildman–Crippen LogP) is 1.08. The number of nitrogens with two attached hydrogens (primary N) is 1. The highest BCUT2D eigenvalue weighted by Gasteiger charge is 2.24. The third kappa shape index (κ3) is 3.67. The van der Waals surface area contributed by atoms with E-state index in [1.807, 2.05) is 30.3 Å². The molecule has 3 rings (SSSR count). The number of hydrogen-bond acceptors (Lipinski definition) is 5. The number of benzene rings is 2. The van der Waals surface area contributed by atoms with Gasteiger partial charge < -0.3 is 15.8 Å². The number of pyridine rings is 1. The van der Waals surface area contributed by atoms with Crippen molar-refractivity contribution in [3.05, 3.63) is 71.5 Å². The summed E-state index contributed by atoms with van der Waals surface area (Å²) >= 11 is 0. The van der Waals surface area contributed by atoms with Gasteiger partial charge in [0.2, 0.25) is 0 Å². The molecule has 0 amide bonds. The van der Waals surface area contributed by atoms with Gasteiger partial charge in [-0.05, 0) is 40.5 Å². The fourth-order valence-electron chi connectivity index (χ4n) is 3.33. The molecular formula is C20H21BN2O3. The minimum atomic E-state index is -1.57. The van der Waals surface area contributed by atoms with Gasteiger partial charge in [-0.1, -0.05) is 36.4 Å². The van der Waals surface area contributed by atoms with E-state index in [2.05, 4.69) is 4.98 Å². The maximum atomic E-state index is 12.9. The maximum absolute atomic E-state index is 12.9. The highest BCUT2D eigenvalue weighted by atomic mass is 16.4. The molecule has 1 heterocycles. The molecule has 0 aliphatic heterocycles. The quantitative estimate of drug-likeness (QED) is 0.579. The standard InChI is InChI=1S/C20H21BN2O3/c1-13-17(3-2-4-19(13)21(25)26)18(11-22)20(24)10-14-5-6-16-12-23-8-7-15(16)9-14/h2-9,12,18,25-26H,10-11,22H2,1H3/t18-/m1/s1. The van der Waals surface area contributed by atoms with Crippen molar-refractivity contribution in [1.82, 2.24) is 4.98 Å². The summed E-state index contributed by atoms with van der Waals surface area (Å²) in [5.74, 6) is -0.476. The van der Waals surface area contributed by atoms with E-state index in [9.17, 15) is 14.8 Å². The summed E-state index contributed by atoms with van der Waals surface area (Å²) in [5.41, 5.74) is 8.64. The first-order chi connectivity index (χ1) is 12.5. The van der Waals surface area contributed by atoms with Crippen molar-refractivity contribution in [2.24, 2.45) is 5.73 Å². The van der Waals surface area contributed by atoms with E-state index in [4.69, 9.17) is 5.73 Å². The molecule has 0 saturated carbocycles. The van der Waals surface area contributed by atoms with Crippen LogP contribution in [-0.4, -0.2) is 34.5 Å². The van der Waals surface area contributed by atoms with Crippen LogP contribution in [0, 0.1) is 6.92 Å². The monoisotopic (exact) mass is 348 g/mol. The highest BCUT2D eigenvalue weighted by Crippen LogP contribution is 2.22. The van der Waals surface area contributed by atoms with Crippen LogP contribution < -0.4 is 11.2 Å². The largest absolute Gasteiger partial charge is 0.488 e. The van der Waals surface area contributed by atoms with E-state index in [0.29, 0.717) is 11.0 Å². The molecule has 3 aromatic rings. The summed E-state index contributed by atoms with van der Waals surface area (Å²) in [6, 6.07) is 13.0. The number of aromatic nitrogens is 1. The van der Waals surface area contributed by atoms with Crippen molar-refractivity contribution in [3.63, 3.8) is 0 Å². The normalized spacial score (nSPS) is 12.2. The van der Waals surface area contributed by atoms with Crippen molar-refractivity contribution in [2.45, 2.75) is 19.3 Å². The van der Waals surface area contributed by atoms with E-state index in [-0.39, 0.29) is 18.7 Å². The molecule has 0 radical (unpaired) electrons. The second-order valence-corrected chi connectivity index (χ2v) is 6.42. The minimum Gasteiger partial charge on any atom is -0.423 e. The van der Waals surface area contributed by atoms with Gasteiger partial charge >= 0.3 is 7.12 Å². The summed E-state index contributed by atoms with van der Waals surface area (Å²) in [6.07, 6.45) is 3.79. The molecule has 26 heavy (non-hydrogen) atoms. The third-order valence-corrected chi connectivity index (χ3v) is 4.78. The van der Waals surface area contributed by atoms with Crippen LogP contribution in [0.25, 0.3) is 10.8 Å². The Morgan fingerprint density at radius 1 is 1.19 bits per heavy atom. The van der Waals surface area contributed by atoms with Crippen LogP contribution in [0.3, 0.4) is 0 Å². The first-order valence-corrected chi connectivity index (χ1v) is 8.52. The van der Waals surface area contributed by atoms with Crippen LogP contribution >= 0.6 is 0 Å². The zero-order chi connectivity index (χ0) is 18.7. The Morgan fingerprint density at radius 2 is 2.00 bits per heavy atom. The van der Waals surface area contributed by atoms with Crippen molar-refractivity contribution in [1.29, 1.82) is 0 Å². The van der Waals surface area contributed by atoms with Crippen molar-refractivity contribution in [2.75, 3.05) is 6.54 Å². The number of hydrogen-bond donors (Lipinski definition) is 3. The molecule has 0 saturated heterocycles. The topological polar surface area (TPSA) is 96.4 Å². The molecule has 1 aromatic heterocycles. The summed E-state index contributed by atoms with van der Waals surface area (Å²) in [6.45, 7) is 1.95. The van der Waals surface area contributed by atoms with Gasteiger partial charge in [0.05, 0.1) is 5.92 Å². The number of carbonyl (C=O) groups excluding carboxylic acids is 1. The molecule has 132 valence electrons. The van der Waals surface area contributed by atoms with E-state index < -0.39 is 13.0 Å². The van der Waals surface area contributed by atoms with Crippen LogP contribution in [0.5, 0.6) is 0 Å². The molecule has 0 aliphatic rings. The first kappa shape index (κ1) is 18.3. The van der Waals surface area contributed by atoms with Gasteiger partial charge in [-0.3, -0.25) is 9.78 Å². The van der Waals surface area contributed by atoms with Crippen molar-refractivity contribution >= 4 is 29.1 Å². The zero-order valence-electron chi connectivity index (χ0n) is 14.6. The summed E-state index contributed by atoms with van der Waals surface area (Å²) in [7, 11) is -1.57. The maximum Gasteiger partial charge on any atom is 0.488 e. The van der Waals surface area contributed by atoms with Crippen LogP contribution in [0.1, 0.15) is 22.6 Å². The fraction of sp³-hybridized carbons (Fsp3) is 0.200. The van der Waals surface area contributed by atoms with Crippen LogP contribution in [-0.2, 0) is 11.2 Å². The lowest BCUT2D eigenvalue weighted by atomic mass is 9.74. The second kappa shape index (κ2) is 7.78. The van der Waals surface area contributed by atoms with E-state index >= 15 is 0 Å². The van der Waals surface area contributed by atoms with E-state index in [1.54, 1.807) is 31.5 Å². The molecule has 0 spiro atoms. The van der Waals surface area contributed by atoms with Crippen LogP contribution in [0.4, 0.5) is 0 Å². The van der Waals surface area contributed by atoms with Gasteiger partial charge in [0.15, 0.2) is 0 Å². The summed E-state index contributed by atoms with van der Waals surface area (Å²) in [5, 5.41) is 21.0. The van der Waals surface area contributed by atoms with Gasteiger partial charge in [-0.15, -0.1) is 0 Å². The Hall–Kier alpha value is -2.54. The summed E-state index contributed by atoms with van der Waals surface area (Å²) in [4.78, 5) is 17.0. The Morgan fingerprint density at radius 3 is 2.73 bits per heavy atom. The van der Waals surface area contributed by atoms with Gasteiger partial charge in [-0.25, -0.2) is 0 Å². The Labute approximate surface area is 152 Å². The smallest absolute Gasteiger partial charge is 0.423 e. The number of carbonyl (C=O) groups is 1. The first-order valence-electron chi connectivity index (χ1n) is 8.52. The SMILES string of the molecule is Cc1c(B(O)O)cccc1[C@@H](CN)C(=O)Cc1ccc2cnccc2c1. The zero-order valence-corrected chi connectivity index (χ0v) is 14.6. The number of rotatable bonds is 6. The molecule has 0 bridgehead atoms. The Kier molecular flexibility index (Phi) is 5.47. The number of ketones is 1. The number of fused-ring (bicyclic) bond motifs is 1. The number of Topliss-reactive ketones (excluding diaryl/α,β-unsaturated/α-hetero) is 1. The van der Waals surface area contributed by atoms with E-state index in [0.717, 1.165) is 21.9 Å². The predicted molar refractivity (Wildman–Crippen MR) is 103 cm³/mol. The highest BCUT2D eigenvalue weighted by molar-refractivity contribution is 6.59. The lowest BCUT2D eigenvalue weighted by Crippen LogP contribution is -2.34. The van der Waals surface area contributed by atoms with Crippen LogP contribution in [0.2, 0.25) is 0 Å². The summed E-state index contributed by atoms with van der Waals surface area (Å²) < 4.78 is 0. The molecule has 4 N–H and O–H groups in total. The Bertz CT molecular complexity index is 943. The van der Waals surface area contributed by atoms with Gasteiger partial charge in [-0.2, -0.15) is 0 Å².